The molecule has 1 atom stereocenters. The lowest BCUT2D eigenvalue weighted by Gasteiger charge is -2.13. The zero-order chi connectivity index (χ0) is 16.7. The Morgan fingerprint density at radius 2 is 2.04 bits per heavy atom. The van der Waals surface area contributed by atoms with E-state index in [2.05, 4.69) is 15.8 Å². The molecule has 2 rings (SSSR count). The van der Waals surface area contributed by atoms with Crippen LogP contribution in [0, 0.1) is 6.92 Å². The Bertz CT molecular complexity index is 654. The van der Waals surface area contributed by atoms with Crippen molar-refractivity contribution in [2.24, 2.45) is 0 Å². The molecule has 0 unspecified atom stereocenters. The second-order valence-corrected chi connectivity index (χ2v) is 5.01. The van der Waals surface area contributed by atoms with Crippen molar-refractivity contribution in [3.05, 3.63) is 42.2 Å². The normalized spacial score (nSPS) is 11.6. The highest BCUT2D eigenvalue weighted by Crippen LogP contribution is 2.09. The summed E-state index contributed by atoms with van der Waals surface area (Å²) in [6.07, 6.45) is 0.162. The van der Waals surface area contributed by atoms with Crippen LogP contribution in [0.1, 0.15) is 19.1 Å². The minimum atomic E-state index is -0.684. The van der Waals surface area contributed by atoms with Crippen LogP contribution in [0.2, 0.25) is 0 Å². The Labute approximate surface area is 134 Å². The van der Waals surface area contributed by atoms with Crippen molar-refractivity contribution >= 4 is 17.6 Å². The van der Waals surface area contributed by atoms with Crippen LogP contribution in [0.3, 0.4) is 0 Å². The van der Waals surface area contributed by atoms with Gasteiger partial charge in [-0.15, -0.1) is 0 Å². The molecule has 0 spiro atoms. The molecule has 122 valence electrons. The molecule has 0 aliphatic carbocycles. The van der Waals surface area contributed by atoms with Gasteiger partial charge in [0.15, 0.2) is 5.82 Å². The number of amides is 2. The Kier molecular flexibility index (Phi) is 5.74. The molecular weight excluding hydrogens is 298 g/mol. The number of aromatic nitrogens is 1. The number of carbonyl (C=O) groups excluding carboxylic acids is 2. The van der Waals surface area contributed by atoms with E-state index in [9.17, 15) is 9.59 Å². The largest absolute Gasteiger partial charge is 0.493 e. The van der Waals surface area contributed by atoms with Crippen LogP contribution in [0.5, 0.6) is 5.75 Å². The van der Waals surface area contributed by atoms with E-state index >= 15 is 0 Å². The Balaban J connectivity index is 1.70. The number of hydrogen-bond donors (Lipinski definition) is 2. The number of anilines is 1. The SMILES string of the molecule is Cc1cc(NC(=O)[C@@H](C)NC(=O)CCOc2ccccc2)no1. The van der Waals surface area contributed by atoms with Crippen LogP contribution in [0.15, 0.2) is 40.9 Å². The van der Waals surface area contributed by atoms with Crippen molar-refractivity contribution in [1.82, 2.24) is 10.5 Å². The Morgan fingerprint density at radius 3 is 2.70 bits per heavy atom. The zero-order valence-electron chi connectivity index (χ0n) is 13.0. The van der Waals surface area contributed by atoms with E-state index in [-0.39, 0.29) is 24.8 Å². The fourth-order valence-corrected chi connectivity index (χ4v) is 1.82. The number of hydrogen-bond acceptors (Lipinski definition) is 5. The third-order valence-corrected chi connectivity index (χ3v) is 2.99. The number of nitrogens with one attached hydrogen (secondary N) is 2. The van der Waals surface area contributed by atoms with E-state index in [1.165, 1.54) is 0 Å². The zero-order valence-corrected chi connectivity index (χ0v) is 13.0. The molecule has 2 aromatic rings. The van der Waals surface area contributed by atoms with Gasteiger partial charge >= 0.3 is 0 Å². The summed E-state index contributed by atoms with van der Waals surface area (Å²) in [4.78, 5) is 23.7. The summed E-state index contributed by atoms with van der Waals surface area (Å²) >= 11 is 0. The number of rotatable bonds is 7. The molecule has 1 heterocycles. The molecule has 0 bridgehead atoms. The third kappa shape index (κ3) is 5.46. The van der Waals surface area contributed by atoms with Crippen LogP contribution < -0.4 is 15.4 Å². The molecule has 7 heteroatoms. The number of nitrogens with zero attached hydrogens (tertiary/aromatic N) is 1. The average Bonchev–Trinajstić information content (AvgIpc) is 2.93. The lowest BCUT2D eigenvalue weighted by molar-refractivity contribution is -0.126. The molecule has 2 N–H and O–H groups in total. The smallest absolute Gasteiger partial charge is 0.247 e. The van der Waals surface area contributed by atoms with Crippen molar-refractivity contribution in [3.8, 4) is 5.75 Å². The quantitative estimate of drug-likeness (QED) is 0.813. The number of carbonyl (C=O) groups is 2. The summed E-state index contributed by atoms with van der Waals surface area (Å²) in [6, 6.07) is 10.1. The first-order chi connectivity index (χ1) is 11.0. The van der Waals surface area contributed by atoms with Gasteiger partial charge in [-0.05, 0) is 26.0 Å². The molecule has 0 aliphatic rings. The summed E-state index contributed by atoms with van der Waals surface area (Å²) in [6.45, 7) is 3.56. The molecule has 7 nitrogen and oxygen atoms in total. The van der Waals surface area contributed by atoms with Gasteiger partial charge in [0.25, 0.3) is 0 Å². The summed E-state index contributed by atoms with van der Waals surface area (Å²) in [5, 5.41) is 8.82. The van der Waals surface area contributed by atoms with Crippen LogP contribution in [-0.4, -0.2) is 29.6 Å². The molecule has 0 aliphatic heterocycles. The molecule has 0 saturated heterocycles. The summed E-state index contributed by atoms with van der Waals surface area (Å²) < 4.78 is 10.3. The molecule has 0 saturated carbocycles. The molecule has 0 radical (unpaired) electrons. The van der Waals surface area contributed by atoms with Crippen molar-refractivity contribution in [1.29, 1.82) is 0 Å². The van der Waals surface area contributed by atoms with Crippen molar-refractivity contribution in [2.75, 3.05) is 11.9 Å². The van der Waals surface area contributed by atoms with E-state index in [0.717, 1.165) is 0 Å². The second-order valence-electron chi connectivity index (χ2n) is 5.01. The first-order valence-corrected chi connectivity index (χ1v) is 7.26. The lowest BCUT2D eigenvalue weighted by Crippen LogP contribution is -2.42. The highest BCUT2D eigenvalue weighted by atomic mass is 16.5. The van der Waals surface area contributed by atoms with Gasteiger partial charge in [-0.1, -0.05) is 23.4 Å². The van der Waals surface area contributed by atoms with Crippen LogP contribution >= 0.6 is 0 Å². The molecule has 23 heavy (non-hydrogen) atoms. The predicted octanol–water partition coefficient (Wildman–Crippen LogP) is 1.90. The molecule has 2 amide bonds. The second kappa shape index (κ2) is 7.98. The standard InChI is InChI=1S/C16H19N3O4/c1-11-10-14(19-23-11)18-16(21)12(2)17-15(20)8-9-22-13-6-4-3-5-7-13/h3-7,10,12H,8-9H2,1-2H3,(H,17,20)(H,18,19,21)/t12-/m1/s1. The maximum absolute atomic E-state index is 11.9. The number of ether oxygens (including phenoxy) is 1. The van der Waals surface area contributed by atoms with Gasteiger partial charge in [-0.3, -0.25) is 9.59 Å². The Hall–Kier alpha value is -2.83. The van der Waals surface area contributed by atoms with Crippen molar-refractivity contribution < 1.29 is 18.8 Å². The first kappa shape index (κ1) is 16.5. The molecule has 1 aromatic carbocycles. The third-order valence-electron chi connectivity index (χ3n) is 2.99. The molecule has 0 fully saturated rings. The van der Waals surface area contributed by atoms with Gasteiger partial charge in [0.1, 0.15) is 17.6 Å². The van der Waals surface area contributed by atoms with Gasteiger partial charge in [-0.2, -0.15) is 0 Å². The first-order valence-electron chi connectivity index (χ1n) is 7.26. The summed E-state index contributed by atoms with van der Waals surface area (Å²) in [7, 11) is 0. The minimum Gasteiger partial charge on any atom is -0.493 e. The fraction of sp³-hybridized carbons (Fsp3) is 0.312. The summed E-state index contributed by atoms with van der Waals surface area (Å²) in [5.41, 5.74) is 0. The fourth-order valence-electron chi connectivity index (χ4n) is 1.82. The minimum absolute atomic E-state index is 0.162. The number of para-hydroxylation sites is 1. The van der Waals surface area contributed by atoms with Crippen LogP contribution in [-0.2, 0) is 9.59 Å². The van der Waals surface area contributed by atoms with E-state index in [1.807, 2.05) is 30.3 Å². The van der Waals surface area contributed by atoms with Crippen molar-refractivity contribution in [3.63, 3.8) is 0 Å². The maximum Gasteiger partial charge on any atom is 0.247 e. The van der Waals surface area contributed by atoms with E-state index in [0.29, 0.717) is 17.3 Å². The number of benzene rings is 1. The maximum atomic E-state index is 11.9. The highest BCUT2D eigenvalue weighted by Gasteiger charge is 2.16. The van der Waals surface area contributed by atoms with Gasteiger partial charge < -0.3 is 19.9 Å². The lowest BCUT2D eigenvalue weighted by atomic mass is 10.3. The molecular formula is C16H19N3O4. The summed E-state index contributed by atoms with van der Waals surface area (Å²) in [5.74, 6) is 0.985. The van der Waals surface area contributed by atoms with Crippen LogP contribution in [0.25, 0.3) is 0 Å². The van der Waals surface area contributed by atoms with Gasteiger partial charge in [0.05, 0.1) is 13.0 Å². The highest BCUT2D eigenvalue weighted by molar-refractivity contribution is 5.96. The van der Waals surface area contributed by atoms with E-state index < -0.39 is 6.04 Å². The number of aryl methyl sites for hydroxylation is 1. The topological polar surface area (TPSA) is 93.5 Å². The van der Waals surface area contributed by atoms with Crippen LogP contribution in [0.4, 0.5) is 5.82 Å². The predicted molar refractivity (Wildman–Crippen MR) is 84.0 cm³/mol. The monoisotopic (exact) mass is 317 g/mol. The van der Waals surface area contributed by atoms with E-state index in [1.54, 1.807) is 19.9 Å². The average molecular weight is 317 g/mol. The van der Waals surface area contributed by atoms with Gasteiger partial charge in [-0.25, -0.2) is 0 Å². The van der Waals surface area contributed by atoms with Gasteiger partial charge in [0.2, 0.25) is 11.8 Å². The van der Waals surface area contributed by atoms with Crippen molar-refractivity contribution in [2.45, 2.75) is 26.3 Å². The van der Waals surface area contributed by atoms with E-state index in [4.69, 9.17) is 9.26 Å². The Morgan fingerprint density at radius 1 is 1.30 bits per heavy atom. The van der Waals surface area contributed by atoms with Gasteiger partial charge in [0, 0.05) is 6.07 Å². The molecule has 1 aromatic heterocycles.